The maximum Gasteiger partial charge on any atom is 0.248 e. The normalized spacial score (nSPS) is 10.8. The number of hydrogen-bond acceptors (Lipinski definition) is 5. The zero-order valence-electron chi connectivity index (χ0n) is 13.2. The number of hydrogen-bond donors (Lipinski definition) is 2. The fourth-order valence-electron chi connectivity index (χ4n) is 2.12. The van der Waals surface area contributed by atoms with E-state index in [-0.39, 0.29) is 17.5 Å². The number of thiazole rings is 1. The van der Waals surface area contributed by atoms with Crippen LogP contribution < -0.4 is 10.9 Å². The lowest BCUT2D eigenvalue weighted by Gasteiger charge is -2.05. The standard InChI is InChI=1S/C17H16FN3OS2/c1-10-3-8-14-16(11(10)2)19-17(24-14)21-20-15(22)9-23-13-6-4-12(18)5-7-13/h3-8H,9H2,1-2H3,(H,19,21)(H,20,22). The molecule has 0 aliphatic heterocycles. The first-order valence-corrected chi connectivity index (χ1v) is 9.13. The molecule has 0 radical (unpaired) electrons. The Balaban J connectivity index is 1.56. The Labute approximate surface area is 147 Å². The van der Waals surface area contributed by atoms with Gasteiger partial charge < -0.3 is 0 Å². The van der Waals surface area contributed by atoms with Crippen molar-refractivity contribution in [2.24, 2.45) is 0 Å². The van der Waals surface area contributed by atoms with Crippen LogP contribution in [0.3, 0.4) is 0 Å². The second-order valence-corrected chi connectivity index (χ2v) is 7.37. The molecule has 0 aliphatic rings. The number of aryl methyl sites for hydroxylation is 2. The average Bonchev–Trinajstić information content (AvgIpc) is 3.00. The van der Waals surface area contributed by atoms with Crippen LogP contribution in [0.15, 0.2) is 41.3 Å². The minimum absolute atomic E-state index is 0.170. The molecule has 7 heteroatoms. The van der Waals surface area contributed by atoms with Crippen molar-refractivity contribution in [1.82, 2.24) is 10.4 Å². The van der Waals surface area contributed by atoms with E-state index in [9.17, 15) is 9.18 Å². The number of aromatic nitrogens is 1. The maximum absolute atomic E-state index is 12.8. The molecular formula is C17H16FN3OS2. The minimum Gasteiger partial charge on any atom is -0.273 e. The van der Waals surface area contributed by atoms with E-state index in [0.717, 1.165) is 20.7 Å². The maximum atomic E-state index is 12.8. The van der Waals surface area contributed by atoms with Gasteiger partial charge in [0.05, 0.1) is 16.0 Å². The molecule has 0 bridgehead atoms. The lowest BCUT2D eigenvalue weighted by Crippen LogP contribution is -2.30. The number of carbonyl (C=O) groups excluding carboxylic acids is 1. The van der Waals surface area contributed by atoms with Crippen molar-refractivity contribution in [1.29, 1.82) is 0 Å². The molecule has 124 valence electrons. The summed E-state index contributed by atoms with van der Waals surface area (Å²) in [5.74, 6) is -0.217. The van der Waals surface area contributed by atoms with Gasteiger partial charge in [0.15, 0.2) is 0 Å². The van der Waals surface area contributed by atoms with Crippen molar-refractivity contribution in [3.8, 4) is 0 Å². The molecule has 2 aromatic carbocycles. The van der Waals surface area contributed by atoms with Gasteiger partial charge in [-0.2, -0.15) is 0 Å². The summed E-state index contributed by atoms with van der Waals surface area (Å²) in [6, 6.07) is 10.2. The van der Waals surface area contributed by atoms with Gasteiger partial charge in [0.1, 0.15) is 5.82 Å². The number of thioether (sulfide) groups is 1. The molecule has 1 amide bonds. The summed E-state index contributed by atoms with van der Waals surface area (Å²) >= 11 is 2.84. The first kappa shape index (κ1) is 16.7. The molecular weight excluding hydrogens is 345 g/mol. The number of amides is 1. The molecule has 4 nitrogen and oxygen atoms in total. The van der Waals surface area contributed by atoms with E-state index in [1.54, 1.807) is 12.1 Å². The van der Waals surface area contributed by atoms with Gasteiger partial charge in [-0.25, -0.2) is 9.37 Å². The molecule has 1 heterocycles. The summed E-state index contributed by atoms with van der Waals surface area (Å²) in [5.41, 5.74) is 8.80. The molecule has 0 saturated heterocycles. The van der Waals surface area contributed by atoms with Gasteiger partial charge in [0, 0.05) is 4.90 Å². The van der Waals surface area contributed by atoms with Gasteiger partial charge in [0.25, 0.3) is 0 Å². The highest BCUT2D eigenvalue weighted by Gasteiger charge is 2.09. The van der Waals surface area contributed by atoms with Crippen molar-refractivity contribution in [2.45, 2.75) is 18.7 Å². The van der Waals surface area contributed by atoms with E-state index < -0.39 is 0 Å². The van der Waals surface area contributed by atoms with E-state index in [0.29, 0.717) is 5.13 Å². The number of nitrogens with zero attached hydrogens (tertiary/aromatic N) is 1. The number of anilines is 1. The van der Waals surface area contributed by atoms with Crippen LogP contribution in [-0.2, 0) is 4.79 Å². The molecule has 24 heavy (non-hydrogen) atoms. The Morgan fingerprint density at radius 3 is 2.71 bits per heavy atom. The van der Waals surface area contributed by atoms with E-state index in [4.69, 9.17) is 0 Å². The summed E-state index contributed by atoms with van der Waals surface area (Å²) in [6.45, 7) is 4.09. The van der Waals surface area contributed by atoms with E-state index >= 15 is 0 Å². The molecule has 0 saturated carbocycles. The van der Waals surface area contributed by atoms with Crippen LogP contribution in [-0.4, -0.2) is 16.6 Å². The fourth-order valence-corrected chi connectivity index (χ4v) is 3.70. The number of benzene rings is 2. The second-order valence-electron chi connectivity index (χ2n) is 5.29. The Morgan fingerprint density at radius 1 is 1.21 bits per heavy atom. The highest BCUT2D eigenvalue weighted by Crippen LogP contribution is 2.29. The van der Waals surface area contributed by atoms with Crippen LogP contribution in [0.1, 0.15) is 11.1 Å². The first-order valence-electron chi connectivity index (χ1n) is 7.33. The predicted octanol–water partition coefficient (Wildman–Crippen LogP) is 4.29. The lowest BCUT2D eigenvalue weighted by molar-refractivity contribution is -0.118. The third-order valence-electron chi connectivity index (χ3n) is 3.58. The van der Waals surface area contributed by atoms with Crippen molar-refractivity contribution in [2.75, 3.05) is 11.2 Å². The largest absolute Gasteiger partial charge is 0.273 e. The highest BCUT2D eigenvalue weighted by atomic mass is 32.2. The van der Waals surface area contributed by atoms with Gasteiger partial charge in [-0.3, -0.25) is 15.6 Å². The molecule has 1 aromatic heterocycles. The molecule has 0 spiro atoms. The van der Waals surface area contributed by atoms with Gasteiger partial charge >= 0.3 is 0 Å². The summed E-state index contributed by atoms with van der Waals surface area (Å²) in [4.78, 5) is 17.3. The third kappa shape index (κ3) is 3.85. The van der Waals surface area contributed by atoms with Crippen LogP contribution in [0.5, 0.6) is 0 Å². The number of carbonyl (C=O) groups is 1. The molecule has 3 rings (SSSR count). The predicted molar refractivity (Wildman–Crippen MR) is 98.0 cm³/mol. The summed E-state index contributed by atoms with van der Waals surface area (Å²) in [7, 11) is 0. The van der Waals surface area contributed by atoms with Crippen LogP contribution in [0.25, 0.3) is 10.2 Å². The molecule has 0 atom stereocenters. The zero-order chi connectivity index (χ0) is 17.1. The van der Waals surface area contributed by atoms with Gasteiger partial charge in [-0.1, -0.05) is 17.4 Å². The van der Waals surface area contributed by atoms with Gasteiger partial charge in [-0.05, 0) is 55.3 Å². The summed E-state index contributed by atoms with van der Waals surface area (Å²) < 4.78 is 13.9. The molecule has 2 N–H and O–H groups in total. The van der Waals surface area contributed by atoms with Crippen LogP contribution in [0.4, 0.5) is 9.52 Å². The van der Waals surface area contributed by atoms with Gasteiger partial charge in [0.2, 0.25) is 11.0 Å². The van der Waals surface area contributed by atoms with Crippen molar-refractivity contribution in [3.05, 3.63) is 53.3 Å². The second kappa shape index (κ2) is 7.19. The molecule has 0 unspecified atom stereocenters. The number of rotatable bonds is 5. The van der Waals surface area contributed by atoms with Crippen molar-refractivity contribution in [3.63, 3.8) is 0 Å². The Bertz CT molecular complexity index is 877. The van der Waals surface area contributed by atoms with E-state index in [1.165, 1.54) is 40.8 Å². The molecule has 0 aliphatic carbocycles. The van der Waals surface area contributed by atoms with E-state index in [2.05, 4.69) is 28.8 Å². The number of hydrazine groups is 1. The topological polar surface area (TPSA) is 54.0 Å². The quantitative estimate of drug-likeness (QED) is 0.526. The zero-order valence-corrected chi connectivity index (χ0v) is 14.9. The van der Waals surface area contributed by atoms with E-state index in [1.807, 2.05) is 13.0 Å². The lowest BCUT2D eigenvalue weighted by atomic mass is 10.1. The monoisotopic (exact) mass is 361 g/mol. The van der Waals surface area contributed by atoms with Gasteiger partial charge in [-0.15, -0.1) is 11.8 Å². The van der Waals surface area contributed by atoms with Crippen LogP contribution in [0.2, 0.25) is 0 Å². The van der Waals surface area contributed by atoms with Crippen LogP contribution >= 0.6 is 23.1 Å². The average molecular weight is 361 g/mol. The summed E-state index contributed by atoms with van der Waals surface area (Å²) in [6.07, 6.45) is 0. The third-order valence-corrected chi connectivity index (χ3v) is 5.53. The van der Waals surface area contributed by atoms with Crippen molar-refractivity contribution < 1.29 is 9.18 Å². The summed E-state index contributed by atoms with van der Waals surface area (Å²) in [5, 5.41) is 0.652. The number of fused-ring (bicyclic) bond motifs is 1. The Kier molecular flexibility index (Phi) is 5.01. The SMILES string of the molecule is Cc1ccc2sc(NNC(=O)CSc3ccc(F)cc3)nc2c1C. The highest BCUT2D eigenvalue weighted by molar-refractivity contribution is 8.00. The first-order chi connectivity index (χ1) is 11.5. The molecule has 0 fully saturated rings. The smallest absolute Gasteiger partial charge is 0.248 e. The number of nitrogens with one attached hydrogen (secondary N) is 2. The Hall–Kier alpha value is -2.12. The minimum atomic E-state index is -0.285. The van der Waals surface area contributed by atoms with Crippen LogP contribution in [0, 0.1) is 19.7 Å². The number of halogens is 1. The Morgan fingerprint density at radius 2 is 1.96 bits per heavy atom. The van der Waals surface area contributed by atoms with Crippen molar-refractivity contribution >= 4 is 44.4 Å². The fraction of sp³-hybridized carbons (Fsp3) is 0.176. The molecule has 3 aromatic rings.